The predicted molar refractivity (Wildman–Crippen MR) is 93.6 cm³/mol. The van der Waals surface area contributed by atoms with Crippen molar-refractivity contribution in [3.8, 4) is 29.7 Å². The van der Waals surface area contributed by atoms with Crippen molar-refractivity contribution in [2.45, 2.75) is 18.8 Å². The van der Waals surface area contributed by atoms with Gasteiger partial charge in [-0.05, 0) is 30.4 Å². The maximum atomic E-state index is 9.96. The average molecular weight is 346 g/mol. The zero-order chi connectivity index (χ0) is 18.9. The van der Waals surface area contributed by atoms with Gasteiger partial charge in [-0.25, -0.2) is 0 Å². The van der Waals surface area contributed by atoms with Crippen LogP contribution in [0.25, 0.3) is 0 Å². The first-order valence-corrected chi connectivity index (χ1v) is 8.23. The molecule has 0 saturated carbocycles. The van der Waals surface area contributed by atoms with Crippen LogP contribution in [0.4, 0.5) is 0 Å². The van der Waals surface area contributed by atoms with Crippen LogP contribution in [0.15, 0.2) is 41.1 Å². The van der Waals surface area contributed by atoms with Gasteiger partial charge in [-0.15, -0.1) is 0 Å². The van der Waals surface area contributed by atoms with E-state index in [4.69, 9.17) is 15.2 Å². The molecule has 2 atom stereocenters. The van der Waals surface area contributed by atoms with Crippen LogP contribution in [0, 0.1) is 45.3 Å². The van der Waals surface area contributed by atoms with Gasteiger partial charge >= 0.3 is 0 Å². The van der Waals surface area contributed by atoms with E-state index in [1.54, 1.807) is 19.2 Å². The Kier molecular flexibility index (Phi) is 4.33. The monoisotopic (exact) mass is 346 g/mol. The van der Waals surface area contributed by atoms with E-state index in [1.807, 2.05) is 12.1 Å². The van der Waals surface area contributed by atoms with Crippen molar-refractivity contribution in [3.05, 3.63) is 46.7 Å². The highest BCUT2D eigenvalue weighted by molar-refractivity contribution is 5.61. The Morgan fingerprint density at radius 2 is 1.88 bits per heavy atom. The quantitative estimate of drug-likeness (QED) is 0.899. The maximum absolute atomic E-state index is 9.96. The Balaban J connectivity index is 2.32. The van der Waals surface area contributed by atoms with Crippen molar-refractivity contribution in [1.82, 2.24) is 0 Å². The molecule has 0 radical (unpaired) electrons. The largest absolute Gasteiger partial charge is 0.497 e. The van der Waals surface area contributed by atoms with Crippen molar-refractivity contribution in [3.63, 3.8) is 0 Å². The summed E-state index contributed by atoms with van der Waals surface area (Å²) in [7, 11) is 3.09. The van der Waals surface area contributed by atoms with Gasteiger partial charge in [0.05, 0.1) is 37.6 Å². The summed E-state index contributed by atoms with van der Waals surface area (Å²) in [4.78, 5) is 0. The van der Waals surface area contributed by atoms with Crippen LogP contribution in [0.2, 0.25) is 0 Å². The van der Waals surface area contributed by atoms with Gasteiger partial charge in [-0.1, -0.05) is 12.1 Å². The van der Waals surface area contributed by atoms with E-state index in [0.717, 1.165) is 18.4 Å². The molecular weight excluding hydrogens is 328 g/mol. The second-order valence-corrected chi connectivity index (χ2v) is 6.36. The number of allylic oxidation sites excluding steroid dienone is 4. The van der Waals surface area contributed by atoms with Gasteiger partial charge in [0.1, 0.15) is 17.6 Å². The second-order valence-electron chi connectivity index (χ2n) is 6.36. The third-order valence-corrected chi connectivity index (χ3v) is 5.33. The zero-order valence-electron chi connectivity index (χ0n) is 14.6. The van der Waals surface area contributed by atoms with Crippen LogP contribution >= 0.6 is 0 Å². The van der Waals surface area contributed by atoms with E-state index < -0.39 is 11.3 Å². The van der Waals surface area contributed by atoms with Gasteiger partial charge in [-0.3, -0.25) is 0 Å². The molecule has 130 valence electrons. The fourth-order valence-corrected chi connectivity index (χ4v) is 4.12. The van der Waals surface area contributed by atoms with E-state index in [9.17, 15) is 15.8 Å². The Bertz CT molecular complexity index is 926. The first-order chi connectivity index (χ1) is 12.6. The fourth-order valence-electron chi connectivity index (χ4n) is 4.12. The first kappa shape index (κ1) is 17.4. The van der Waals surface area contributed by atoms with Crippen molar-refractivity contribution in [2.24, 2.45) is 17.1 Å². The lowest BCUT2D eigenvalue weighted by atomic mass is 9.59. The molecule has 0 unspecified atom stereocenters. The molecule has 0 spiro atoms. The van der Waals surface area contributed by atoms with Crippen molar-refractivity contribution in [1.29, 1.82) is 15.8 Å². The van der Waals surface area contributed by atoms with E-state index >= 15 is 0 Å². The lowest BCUT2D eigenvalue weighted by Gasteiger charge is -2.40. The number of fused-ring (bicyclic) bond motifs is 1. The average Bonchev–Trinajstić information content (AvgIpc) is 3.15. The number of methoxy groups -OCH3 is 2. The summed E-state index contributed by atoms with van der Waals surface area (Å²) >= 11 is 0. The van der Waals surface area contributed by atoms with Crippen LogP contribution in [0.3, 0.4) is 0 Å². The van der Waals surface area contributed by atoms with Gasteiger partial charge in [0, 0.05) is 17.5 Å². The first-order valence-electron chi connectivity index (χ1n) is 8.23. The fraction of sp³-hybridized carbons (Fsp3) is 0.350. The highest BCUT2D eigenvalue weighted by Crippen LogP contribution is 2.58. The Morgan fingerprint density at radius 1 is 1.15 bits per heavy atom. The Morgan fingerprint density at radius 3 is 2.46 bits per heavy atom. The Hall–Kier alpha value is -3.43. The summed E-state index contributed by atoms with van der Waals surface area (Å²) < 4.78 is 10.8. The SMILES string of the molecule is COc1ccc([C@H]2[C@@H]3CCC=C3C(C#N)=C(N)C2(C#N)C#N)c(OC)c1. The minimum absolute atomic E-state index is 0.0253. The molecule has 0 heterocycles. The normalized spacial score (nSPS) is 23.1. The summed E-state index contributed by atoms with van der Waals surface area (Å²) in [6, 6.07) is 11.6. The molecule has 0 saturated heterocycles. The number of hydrogen-bond acceptors (Lipinski definition) is 6. The van der Waals surface area contributed by atoms with Crippen molar-refractivity contribution < 1.29 is 9.47 Å². The lowest BCUT2D eigenvalue weighted by Crippen LogP contribution is -2.41. The molecule has 0 amide bonds. The predicted octanol–water partition coefficient (Wildman–Crippen LogP) is 2.91. The summed E-state index contributed by atoms with van der Waals surface area (Å²) in [5.74, 6) is 0.482. The standard InChI is InChI=1S/C20H18N4O2/c1-25-12-6-7-15(17(8-12)26-2)18-14-5-3-4-13(14)16(9-21)19(24)20(18,10-22)11-23/h4,6-8,14,18H,3,5,24H2,1-2H3/t14-,18-/m1/s1. The minimum atomic E-state index is -1.63. The molecule has 1 aromatic carbocycles. The smallest absolute Gasteiger partial charge is 0.191 e. The number of nitrogens with two attached hydrogens (primary N) is 1. The number of nitrogens with zero attached hydrogens (tertiary/aromatic N) is 3. The molecule has 0 bridgehead atoms. The molecular formula is C20H18N4O2. The number of rotatable bonds is 3. The molecule has 3 rings (SSSR count). The lowest BCUT2D eigenvalue weighted by molar-refractivity contribution is 0.325. The third kappa shape index (κ3) is 2.22. The van der Waals surface area contributed by atoms with Gasteiger partial charge in [0.15, 0.2) is 5.41 Å². The number of benzene rings is 1. The number of hydrogen-bond donors (Lipinski definition) is 1. The van der Waals surface area contributed by atoms with Crippen molar-refractivity contribution >= 4 is 0 Å². The van der Waals surface area contributed by atoms with Crippen LogP contribution < -0.4 is 15.2 Å². The Labute approximate surface area is 152 Å². The van der Waals surface area contributed by atoms with Crippen LogP contribution in [0.1, 0.15) is 24.3 Å². The molecule has 2 aliphatic rings. The number of ether oxygens (including phenoxy) is 2. The molecule has 0 aromatic heterocycles. The van der Waals surface area contributed by atoms with Crippen LogP contribution in [-0.4, -0.2) is 14.2 Å². The molecule has 6 heteroatoms. The summed E-state index contributed by atoms with van der Waals surface area (Å²) in [6.07, 6.45) is 3.51. The minimum Gasteiger partial charge on any atom is -0.497 e. The van der Waals surface area contributed by atoms with Crippen molar-refractivity contribution in [2.75, 3.05) is 14.2 Å². The van der Waals surface area contributed by atoms with E-state index in [2.05, 4.69) is 18.2 Å². The van der Waals surface area contributed by atoms with E-state index in [1.165, 1.54) is 7.11 Å². The molecule has 0 aliphatic heterocycles. The molecule has 2 aliphatic carbocycles. The van der Waals surface area contributed by atoms with Crippen LogP contribution in [0.5, 0.6) is 11.5 Å². The van der Waals surface area contributed by atoms with Crippen LogP contribution in [-0.2, 0) is 0 Å². The molecule has 6 nitrogen and oxygen atoms in total. The zero-order valence-corrected chi connectivity index (χ0v) is 14.6. The highest BCUT2D eigenvalue weighted by Gasteiger charge is 2.54. The highest BCUT2D eigenvalue weighted by atomic mass is 16.5. The van der Waals surface area contributed by atoms with E-state index in [-0.39, 0.29) is 17.2 Å². The summed E-state index contributed by atoms with van der Waals surface area (Å²) in [6.45, 7) is 0. The maximum Gasteiger partial charge on any atom is 0.191 e. The topological polar surface area (TPSA) is 116 Å². The molecule has 1 aromatic rings. The van der Waals surface area contributed by atoms with Gasteiger partial charge in [0.2, 0.25) is 0 Å². The third-order valence-electron chi connectivity index (χ3n) is 5.33. The summed E-state index contributed by atoms with van der Waals surface area (Å²) in [5, 5.41) is 29.5. The number of nitriles is 3. The second kappa shape index (κ2) is 6.47. The van der Waals surface area contributed by atoms with Gasteiger partial charge in [0.25, 0.3) is 0 Å². The van der Waals surface area contributed by atoms with Gasteiger partial charge < -0.3 is 15.2 Å². The molecule has 0 fully saturated rings. The van der Waals surface area contributed by atoms with E-state index in [0.29, 0.717) is 17.1 Å². The van der Waals surface area contributed by atoms with Gasteiger partial charge in [-0.2, -0.15) is 15.8 Å². The summed E-state index contributed by atoms with van der Waals surface area (Å²) in [5.41, 5.74) is 6.43. The molecule has 26 heavy (non-hydrogen) atoms. The molecule has 2 N–H and O–H groups in total.